The molecule has 0 atom stereocenters. The summed E-state index contributed by atoms with van der Waals surface area (Å²) in [5, 5.41) is 12.2. The normalized spacial score (nSPS) is 12.8. The van der Waals surface area contributed by atoms with Gasteiger partial charge in [-0.1, -0.05) is 17.8 Å². The van der Waals surface area contributed by atoms with Gasteiger partial charge in [0.05, 0.1) is 26.1 Å². The molecule has 4 rings (SSSR count). The minimum absolute atomic E-state index is 0.124. The molecule has 31 heavy (non-hydrogen) atoms. The topological polar surface area (TPSA) is 87.5 Å². The fourth-order valence-electron chi connectivity index (χ4n) is 3.22. The summed E-state index contributed by atoms with van der Waals surface area (Å²) in [4.78, 5) is 12.4. The predicted octanol–water partition coefficient (Wildman–Crippen LogP) is 3.87. The molecule has 2 aromatic carbocycles. The van der Waals surface area contributed by atoms with Crippen LogP contribution in [0.5, 0.6) is 17.2 Å². The summed E-state index contributed by atoms with van der Waals surface area (Å²) in [5.74, 6) is 2.97. The number of carbonyl (C=O) groups excluding carboxylic acids is 1. The van der Waals surface area contributed by atoms with E-state index in [0.29, 0.717) is 42.1 Å². The van der Waals surface area contributed by atoms with Crippen molar-refractivity contribution in [1.82, 2.24) is 14.8 Å². The number of hydrogen-bond donors (Lipinski definition) is 1. The van der Waals surface area contributed by atoms with Crippen LogP contribution >= 0.6 is 11.8 Å². The molecule has 3 aromatic rings. The van der Waals surface area contributed by atoms with Crippen molar-refractivity contribution in [2.75, 3.05) is 31.4 Å². The lowest BCUT2D eigenvalue weighted by molar-refractivity contribution is -0.113. The number of rotatable bonds is 7. The summed E-state index contributed by atoms with van der Waals surface area (Å²) in [6.07, 6.45) is 0.855. The third-order valence-corrected chi connectivity index (χ3v) is 5.69. The van der Waals surface area contributed by atoms with Gasteiger partial charge in [-0.05, 0) is 37.3 Å². The van der Waals surface area contributed by atoms with E-state index >= 15 is 0 Å². The molecule has 1 N–H and O–H groups in total. The highest BCUT2D eigenvalue weighted by Crippen LogP contribution is 2.34. The minimum Gasteiger partial charge on any atom is -0.497 e. The number of anilines is 1. The largest absolute Gasteiger partial charge is 0.497 e. The van der Waals surface area contributed by atoms with Gasteiger partial charge in [0, 0.05) is 30.3 Å². The second-order valence-electron chi connectivity index (χ2n) is 6.83. The van der Waals surface area contributed by atoms with Crippen molar-refractivity contribution in [1.29, 1.82) is 0 Å². The first kappa shape index (κ1) is 21.0. The number of ether oxygens (including phenoxy) is 3. The lowest BCUT2D eigenvalue weighted by Crippen LogP contribution is -2.14. The van der Waals surface area contributed by atoms with Crippen LogP contribution in [0, 0.1) is 0 Å². The third-order valence-electron chi connectivity index (χ3n) is 4.72. The maximum Gasteiger partial charge on any atom is 0.234 e. The average Bonchev–Trinajstić information content (AvgIpc) is 3.06. The molecule has 0 spiro atoms. The van der Waals surface area contributed by atoms with Crippen molar-refractivity contribution in [2.24, 2.45) is 0 Å². The van der Waals surface area contributed by atoms with Gasteiger partial charge in [0.2, 0.25) is 5.91 Å². The average molecular weight is 441 g/mol. The molecule has 1 aliphatic rings. The molecule has 0 saturated heterocycles. The number of benzene rings is 2. The first-order valence-electron chi connectivity index (χ1n) is 10.1. The van der Waals surface area contributed by atoms with E-state index in [1.54, 1.807) is 13.2 Å². The Bertz CT molecular complexity index is 1070. The Balaban J connectivity index is 1.46. The predicted molar refractivity (Wildman–Crippen MR) is 119 cm³/mol. The maximum absolute atomic E-state index is 12.4. The van der Waals surface area contributed by atoms with E-state index in [9.17, 15) is 4.79 Å². The number of nitrogens with zero attached hydrogens (tertiary/aromatic N) is 3. The van der Waals surface area contributed by atoms with E-state index in [4.69, 9.17) is 14.2 Å². The number of nitrogens with one attached hydrogen (secondary N) is 1. The summed E-state index contributed by atoms with van der Waals surface area (Å²) < 4.78 is 18.7. The number of carbonyl (C=O) groups is 1. The second kappa shape index (κ2) is 9.74. The zero-order valence-corrected chi connectivity index (χ0v) is 18.3. The zero-order valence-electron chi connectivity index (χ0n) is 17.5. The van der Waals surface area contributed by atoms with Gasteiger partial charge >= 0.3 is 0 Å². The first-order chi connectivity index (χ1) is 15.2. The number of thioether (sulfide) groups is 1. The lowest BCUT2D eigenvalue weighted by atomic mass is 10.2. The first-order valence-corrected chi connectivity index (χ1v) is 11.1. The molecule has 2 heterocycles. The molecular formula is C22H24N4O4S. The van der Waals surface area contributed by atoms with Crippen LogP contribution in [-0.2, 0) is 11.3 Å². The summed E-state index contributed by atoms with van der Waals surface area (Å²) in [6, 6.07) is 13.0. The Morgan fingerprint density at radius 1 is 1.16 bits per heavy atom. The van der Waals surface area contributed by atoms with E-state index in [0.717, 1.165) is 23.6 Å². The van der Waals surface area contributed by atoms with E-state index in [1.165, 1.54) is 11.8 Å². The molecule has 0 fully saturated rings. The van der Waals surface area contributed by atoms with Gasteiger partial charge in [-0.3, -0.25) is 4.79 Å². The van der Waals surface area contributed by atoms with Gasteiger partial charge in [-0.15, -0.1) is 10.2 Å². The van der Waals surface area contributed by atoms with Crippen LogP contribution in [0.2, 0.25) is 0 Å². The van der Waals surface area contributed by atoms with Crippen molar-refractivity contribution in [3.8, 4) is 28.6 Å². The smallest absolute Gasteiger partial charge is 0.234 e. The fourth-order valence-corrected chi connectivity index (χ4v) is 4.03. The summed E-state index contributed by atoms with van der Waals surface area (Å²) >= 11 is 1.35. The Morgan fingerprint density at radius 2 is 2.00 bits per heavy atom. The molecule has 0 aliphatic carbocycles. The number of methoxy groups -OCH3 is 1. The van der Waals surface area contributed by atoms with Gasteiger partial charge < -0.3 is 24.1 Å². The van der Waals surface area contributed by atoms with Gasteiger partial charge in [-0.2, -0.15) is 0 Å². The second-order valence-corrected chi connectivity index (χ2v) is 7.77. The quantitative estimate of drug-likeness (QED) is 0.558. The number of hydrogen-bond acceptors (Lipinski definition) is 7. The maximum atomic E-state index is 12.4. The molecule has 0 radical (unpaired) electrons. The summed E-state index contributed by atoms with van der Waals surface area (Å²) in [7, 11) is 1.59. The highest BCUT2D eigenvalue weighted by molar-refractivity contribution is 7.99. The Hall–Kier alpha value is -3.20. The molecule has 1 amide bonds. The molecule has 1 aromatic heterocycles. The summed E-state index contributed by atoms with van der Waals surface area (Å²) in [5.41, 5.74) is 1.58. The van der Waals surface area contributed by atoms with Gasteiger partial charge in [0.25, 0.3) is 0 Å². The molecular weight excluding hydrogens is 416 g/mol. The molecule has 162 valence electrons. The van der Waals surface area contributed by atoms with Crippen LogP contribution in [0.3, 0.4) is 0 Å². The SMILES string of the molecule is CCn1c(SCC(=O)Nc2cccc(OC)c2)nnc1-c1ccc2c(c1)OCCCO2. The van der Waals surface area contributed by atoms with E-state index in [2.05, 4.69) is 15.5 Å². The lowest BCUT2D eigenvalue weighted by Gasteiger charge is -2.11. The van der Waals surface area contributed by atoms with Crippen LogP contribution in [0.4, 0.5) is 5.69 Å². The van der Waals surface area contributed by atoms with Crippen molar-refractivity contribution in [3.63, 3.8) is 0 Å². The molecule has 0 bridgehead atoms. The van der Waals surface area contributed by atoms with Crippen molar-refractivity contribution < 1.29 is 19.0 Å². The van der Waals surface area contributed by atoms with Crippen molar-refractivity contribution in [2.45, 2.75) is 25.0 Å². The van der Waals surface area contributed by atoms with Crippen LogP contribution in [0.15, 0.2) is 47.6 Å². The zero-order chi connectivity index (χ0) is 21.6. The van der Waals surface area contributed by atoms with Crippen LogP contribution in [0.25, 0.3) is 11.4 Å². The van der Waals surface area contributed by atoms with Crippen molar-refractivity contribution >= 4 is 23.4 Å². The van der Waals surface area contributed by atoms with Gasteiger partial charge in [-0.25, -0.2) is 0 Å². The van der Waals surface area contributed by atoms with Crippen LogP contribution < -0.4 is 19.5 Å². The van der Waals surface area contributed by atoms with E-state index in [1.807, 2.05) is 47.9 Å². The molecule has 8 nitrogen and oxygen atoms in total. The molecule has 9 heteroatoms. The minimum atomic E-state index is -0.124. The highest BCUT2D eigenvalue weighted by Gasteiger charge is 2.18. The third kappa shape index (κ3) is 4.93. The monoisotopic (exact) mass is 440 g/mol. The van der Waals surface area contributed by atoms with Crippen LogP contribution in [-0.4, -0.2) is 46.7 Å². The Labute approximate surface area is 184 Å². The van der Waals surface area contributed by atoms with E-state index < -0.39 is 0 Å². The van der Waals surface area contributed by atoms with Crippen molar-refractivity contribution in [3.05, 3.63) is 42.5 Å². The van der Waals surface area contributed by atoms with Gasteiger partial charge in [0.15, 0.2) is 22.5 Å². The summed E-state index contributed by atoms with van der Waals surface area (Å²) in [6.45, 7) is 3.98. The van der Waals surface area contributed by atoms with E-state index in [-0.39, 0.29) is 11.7 Å². The number of fused-ring (bicyclic) bond motifs is 1. The standard InChI is InChI=1S/C22H24N4O4S/c1-3-26-21(15-8-9-18-19(12-15)30-11-5-10-29-18)24-25-22(26)31-14-20(27)23-16-6-4-7-17(13-16)28-2/h4,6-9,12-13H,3,5,10-11,14H2,1-2H3,(H,23,27). The Kier molecular flexibility index (Phi) is 6.61. The molecule has 1 aliphatic heterocycles. The Morgan fingerprint density at radius 3 is 2.81 bits per heavy atom. The number of aromatic nitrogens is 3. The van der Waals surface area contributed by atoms with Crippen LogP contribution in [0.1, 0.15) is 13.3 Å². The van der Waals surface area contributed by atoms with Gasteiger partial charge in [0.1, 0.15) is 5.75 Å². The highest BCUT2D eigenvalue weighted by atomic mass is 32.2. The molecule has 0 unspecified atom stereocenters. The number of amides is 1. The molecule has 0 saturated carbocycles. The fraction of sp³-hybridized carbons (Fsp3) is 0.318.